The molecule has 3 aromatic rings. The third-order valence-corrected chi connectivity index (χ3v) is 5.68. The number of aromatic nitrogens is 3. The van der Waals surface area contributed by atoms with Gasteiger partial charge in [-0.3, -0.25) is 14.7 Å². The van der Waals surface area contributed by atoms with E-state index in [9.17, 15) is 4.79 Å². The van der Waals surface area contributed by atoms with Gasteiger partial charge in [-0.2, -0.15) is 5.10 Å². The molecule has 4 rings (SSSR count). The Bertz CT molecular complexity index is 1060. The van der Waals surface area contributed by atoms with Crippen molar-refractivity contribution in [2.24, 2.45) is 0 Å². The first-order valence-electron chi connectivity index (χ1n) is 10.3. The number of nitrogens with zero attached hydrogens (tertiary/aromatic N) is 4. The fraction of sp³-hybridized carbons (Fsp3) is 0.391. The minimum Gasteiger partial charge on any atom is -0.483 e. The summed E-state index contributed by atoms with van der Waals surface area (Å²) in [5.74, 6) is 0.208. The summed E-state index contributed by atoms with van der Waals surface area (Å²) < 4.78 is 0. The second-order valence-electron chi connectivity index (χ2n) is 7.95. The number of aromatic amines is 1. The predicted molar refractivity (Wildman–Crippen MR) is 120 cm³/mol. The summed E-state index contributed by atoms with van der Waals surface area (Å²) in [5.41, 5.74) is 7.15. The van der Waals surface area contributed by atoms with Gasteiger partial charge in [0.25, 0.3) is 6.47 Å². The summed E-state index contributed by atoms with van der Waals surface area (Å²) in [5, 5.41) is 15.3. The molecular formula is C23H29N5O3. The number of piperazine rings is 1. The monoisotopic (exact) mass is 423 g/mol. The molecular weight excluding hydrogens is 394 g/mol. The van der Waals surface area contributed by atoms with Gasteiger partial charge in [0.1, 0.15) is 0 Å². The zero-order chi connectivity index (χ0) is 22.5. The Balaban J connectivity index is 0.000000858. The number of carbonyl (C=O) groups excluding carboxylic acids is 1. The molecule has 1 saturated heterocycles. The van der Waals surface area contributed by atoms with Crippen molar-refractivity contribution in [2.75, 3.05) is 33.2 Å². The molecule has 1 fully saturated rings. The zero-order valence-electron chi connectivity index (χ0n) is 18.5. The molecule has 2 aromatic heterocycles. The molecule has 0 saturated carbocycles. The van der Waals surface area contributed by atoms with Gasteiger partial charge in [0.15, 0.2) is 0 Å². The van der Waals surface area contributed by atoms with E-state index < -0.39 is 0 Å². The van der Waals surface area contributed by atoms with Gasteiger partial charge < -0.3 is 14.9 Å². The van der Waals surface area contributed by atoms with E-state index in [4.69, 9.17) is 14.9 Å². The number of benzene rings is 1. The van der Waals surface area contributed by atoms with Crippen LogP contribution >= 0.6 is 0 Å². The molecule has 0 aliphatic carbocycles. The Morgan fingerprint density at radius 1 is 1.16 bits per heavy atom. The number of fused-ring (bicyclic) bond motifs is 1. The summed E-state index contributed by atoms with van der Waals surface area (Å²) in [4.78, 5) is 30.1. The Morgan fingerprint density at radius 3 is 2.45 bits per heavy atom. The molecule has 0 atom stereocenters. The lowest BCUT2D eigenvalue weighted by Gasteiger charge is -2.32. The van der Waals surface area contributed by atoms with Crippen LogP contribution in [-0.4, -0.2) is 75.7 Å². The van der Waals surface area contributed by atoms with E-state index in [0.717, 1.165) is 70.9 Å². The van der Waals surface area contributed by atoms with E-state index in [-0.39, 0.29) is 12.4 Å². The van der Waals surface area contributed by atoms with Crippen molar-refractivity contribution >= 4 is 23.3 Å². The standard InChI is InChI=1S/C22H27N5O.CH2O2/c1-14-11-20(22-15(2)24-25-16(22)3)23-19-6-5-17(12-18(14)19)13-21(28)27-9-7-26(4)8-10-27;2-1-3/h5-6,11-12H,7-10,13H2,1-4H3,(H,24,25);1H,(H,2,3). The second kappa shape index (κ2) is 9.70. The highest BCUT2D eigenvalue weighted by molar-refractivity contribution is 5.87. The van der Waals surface area contributed by atoms with Crippen molar-refractivity contribution < 1.29 is 14.7 Å². The van der Waals surface area contributed by atoms with Gasteiger partial charge in [0, 0.05) is 42.8 Å². The van der Waals surface area contributed by atoms with Crippen molar-refractivity contribution in [1.29, 1.82) is 0 Å². The minimum absolute atomic E-state index is 0.208. The molecule has 8 nitrogen and oxygen atoms in total. The van der Waals surface area contributed by atoms with E-state index >= 15 is 0 Å². The number of nitrogens with one attached hydrogen (secondary N) is 1. The van der Waals surface area contributed by atoms with Crippen LogP contribution in [0.4, 0.5) is 0 Å². The second-order valence-corrected chi connectivity index (χ2v) is 7.95. The lowest BCUT2D eigenvalue weighted by molar-refractivity contribution is -0.132. The topological polar surface area (TPSA) is 102 Å². The lowest BCUT2D eigenvalue weighted by atomic mass is 10.0. The number of H-pyrrole nitrogens is 1. The molecule has 0 spiro atoms. The quantitative estimate of drug-likeness (QED) is 0.628. The lowest BCUT2D eigenvalue weighted by Crippen LogP contribution is -2.47. The first-order chi connectivity index (χ1) is 14.8. The van der Waals surface area contributed by atoms with Gasteiger partial charge in [-0.15, -0.1) is 0 Å². The molecule has 8 heteroatoms. The maximum Gasteiger partial charge on any atom is 0.290 e. The number of likely N-dealkylation sites (N-methyl/N-ethyl adjacent to an activating group) is 1. The first kappa shape index (κ1) is 22.4. The summed E-state index contributed by atoms with van der Waals surface area (Å²) in [7, 11) is 2.10. The molecule has 1 aliphatic heterocycles. The zero-order valence-corrected chi connectivity index (χ0v) is 18.5. The molecule has 1 amide bonds. The third kappa shape index (κ3) is 5.08. The molecule has 1 aliphatic rings. The summed E-state index contributed by atoms with van der Waals surface area (Å²) in [6, 6.07) is 8.29. The number of aryl methyl sites for hydroxylation is 3. The molecule has 2 N–H and O–H groups in total. The molecule has 3 heterocycles. The van der Waals surface area contributed by atoms with E-state index in [2.05, 4.69) is 41.2 Å². The predicted octanol–water partition coefficient (Wildman–Crippen LogP) is 2.57. The van der Waals surface area contributed by atoms with Crippen LogP contribution in [0.25, 0.3) is 22.2 Å². The number of rotatable bonds is 3. The highest BCUT2D eigenvalue weighted by Crippen LogP contribution is 2.28. The summed E-state index contributed by atoms with van der Waals surface area (Å²) in [6.45, 7) is 9.39. The van der Waals surface area contributed by atoms with Crippen LogP contribution in [0.5, 0.6) is 0 Å². The van der Waals surface area contributed by atoms with Crippen LogP contribution in [0, 0.1) is 20.8 Å². The molecule has 0 radical (unpaired) electrons. The molecule has 31 heavy (non-hydrogen) atoms. The van der Waals surface area contributed by atoms with Gasteiger partial charge in [0.05, 0.1) is 23.3 Å². The van der Waals surface area contributed by atoms with E-state index in [1.54, 1.807) is 0 Å². The first-order valence-corrected chi connectivity index (χ1v) is 10.3. The number of hydrogen-bond acceptors (Lipinski definition) is 5. The molecule has 0 unspecified atom stereocenters. The highest BCUT2D eigenvalue weighted by Gasteiger charge is 2.19. The fourth-order valence-electron chi connectivity index (χ4n) is 3.95. The molecule has 1 aromatic carbocycles. The van der Waals surface area contributed by atoms with Crippen LogP contribution in [0.15, 0.2) is 24.3 Å². The van der Waals surface area contributed by atoms with Crippen LogP contribution in [-0.2, 0) is 16.0 Å². The largest absolute Gasteiger partial charge is 0.483 e. The van der Waals surface area contributed by atoms with E-state index in [0.29, 0.717) is 6.42 Å². The summed E-state index contributed by atoms with van der Waals surface area (Å²) in [6.07, 6.45) is 0.445. The van der Waals surface area contributed by atoms with Crippen LogP contribution < -0.4 is 0 Å². The minimum atomic E-state index is -0.250. The number of carbonyl (C=O) groups is 2. The highest BCUT2D eigenvalue weighted by atomic mass is 16.3. The van der Waals surface area contributed by atoms with Gasteiger partial charge in [-0.1, -0.05) is 6.07 Å². The average molecular weight is 424 g/mol. The number of carboxylic acid groups (broad SMARTS) is 1. The summed E-state index contributed by atoms with van der Waals surface area (Å²) >= 11 is 0. The average Bonchev–Trinajstić information content (AvgIpc) is 3.07. The number of pyridine rings is 1. The normalized spacial score (nSPS) is 14.3. The van der Waals surface area contributed by atoms with Crippen LogP contribution in [0.3, 0.4) is 0 Å². The fourth-order valence-corrected chi connectivity index (χ4v) is 3.95. The molecule has 164 valence electrons. The van der Waals surface area contributed by atoms with Crippen LogP contribution in [0.2, 0.25) is 0 Å². The van der Waals surface area contributed by atoms with Gasteiger partial charge in [-0.05, 0) is 57.1 Å². The van der Waals surface area contributed by atoms with Gasteiger partial charge in [0.2, 0.25) is 5.91 Å². The van der Waals surface area contributed by atoms with E-state index in [1.807, 2.05) is 30.9 Å². The van der Waals surface area contributed by atoms with Crippen molar-refractivity contribution in [3.8, 4) is 11.3 Å². The van der Waals surface area contributed by atoms with Crippen molar-refractivity contribution in [3.05, 3.63) is 46.8 Å². The number of amides is 1. The van der Waals surface area contributed by atoms with Gasteiger partial charge >= 0.3 is 0 Å². The SMILES string of the molecule is Cc1n[nH]c(C)c1-c1cc(C)c2cc(CC(=O)N3CCN(C)CC3)ccc2n1.O=CO. The van der Waals surface area contributed by atoms with Crippen molar-refractivity contribution in [1.82, 2.24) is 25.0 Å². The Morgan fingerprint density at radius 2 is 1.84 bits per heavy atom. The number of hydrogen-bond donors (Lipinski definition) is 2. The van der Waals surface area contributed by atoms with E-state index in [1.165, 1.54) is 0 Å². The maximum atomic E-state index is 12.7. The third-order valence-electron chi connectivity index (χ3n) is 5.68. The van der Waals surface area contributed by atoms with Crippen molar-refractivity contribution in [3.63, 3.8) is 0 Å². The molecule has 0 bridgehead atoms. The Kier molecular flexibility index (Phi) is 7.02. The van der Waals surface area contributed by atoms with Crippen molar-refractivity contribution in [2.45, 2.75) is 27.2 Å². The van der Waals surface area contributed by atoms with Gasteiger partial charge in [-0.25, -0.2) is 4.98 Å². The smallest absolute Gasteiger partial charge is 0.290 e. The maximum absolute atomic E-state index is 12.7. The van der Waals surface area contributed by atoms with Crippen LogP contribution in [0.1, 0.15) is 22.5 Å². The Hall–Kier alpha value is -3.26. The Labute approximate surface area is 181 Å².